The largest absolute Gasteiger partial charge is 0.494 e. The van der Waals surface area contributed by atoms with Crippen LogP contribution in [0, 0.1) is 5.82 Å². The van der Waals surface area contributed by atoms with Crippen LogP contribution in [0.15, 0.2) is 54.6 Å². The molecule has 0 fully saturated rings. The molecule has 0 heterocycles. The first kappa shape index (κ1) is 18.1. The Labute approximate surface area is 150 Å². The summed E-state index contributed by atoms with van der Waals surface area (Å²) in [6.45, 7) is 4.23. The highest BCUT2D eigenvalue weighted by Crippen LogP contribution is 2.35. The molecule has 3 aromatic rings. The van der Waals surface area contributed by atoms with Crippen molar-refractivity contribution in [1.29, 1.82) is 0 Å². The fraction of sp³-hybridized carbons (Fsp3) is 0.238. The van der Waals surface area contributed by atoms with Crippen LogP contribution in [-0.2, 0) is 12.5 Å². The first-order valence-electron chi connectivity index (χ1n) is 8.45. The van der Waals surface area contributed by atoms with E-state index in [2.05, 4.69) is 0 Å². The van der Waals surface area contributed by atoms with Gasteiger partial charge in [0.15, 0.2) is 11.6 Å². The average Bonchev–Trinajstić information content (AvgIpc) is 2.62. The third kappa shape index (κ3) is 3.77. The van der Waals surface area contributed by atoms with Gasteiger partial charge in [-0.1, -0.05) is 25.1 Å². The Kier molecular flexibility index (Phi) is 5.07. The van der Waals surface area contributed by atoms with E-state index in [0.717, 1.165) is 12.0 Å². The van der Waals surface area contributed by atoms with Crippen molar-refractivity contribution in [2.75, 3.05) is 6.61 Å². The van der Waals surface area contributed by atoms with Crippen LogP contribution in [0.5, 0.6) is 11.5 Å². The lowest BCUT2D eigenvalue weighted by Gasteiger charge is -2.19. The predicted molar refractivity (Wildman–Crippen MR) is 95.4 cm³/mol. The Morgan fingerprint density at radius 1 is 0.885 bits per heavy atom. The molecule has 0 bridgehead atoms. The van der Waals surface area contributed by atoms with Crippen molar-refractivity contribution in [2.45, 2.75) is 26.4 Å². The van der Waals surface area contributed by atoms with Crippen LogP contribution in [0.2, 0.25) is 0 Å². The van der Waals surface area contributed by atoms with E-state index in [-0.39, 0.29) is 5.56 Å². The molecule has 26 heavy (non-hydrogen) atoms. The van der Waals surface area contributed by atoms with Gasteiger partial charge < -0.3 is 9.47 Å². The maximum Gasteiger partial charge on any atom is 0.426 e. The molecule has 0 radical (unpaired) electrons. The Morgan fingerprint density at radius 3 is 2.27 bits per heavy atom. The first-order chi connectivity index (χ1) is 12.4. The first-order valence-corrected chi connectivity index (χ1v) is 8.45. The molecule has 0 unspecified atom stereocenters. The fourth-order valence-electron chi connectivity index (χ4n) is 2.71. The van der Waals surface area contributed by atoms with Gasteiger partial charge in [0.2, 0.25) is 0 Å². The third-order valence-corrected chi connectivity index (χ3v) is 4.10. The summed E-state index contributed by atoms with van der Waals surface area (Å²) >= 11 is 0. The zero-order valence-corrected chi connectivity index (χ0v) is 14.6. The van der Waals surface area contributed by atoms with Crippen LogP contribution >= 0.6 is 0 Å². The summed E-state index contributed by atoms with van der Waals surface area (Å²) in [6.07, 6.45) is -2.85. The molecule has 0 N–H and O–H groups in total. The van der Waals surface area contributed by atoms with E-state index in [1.54, 1.807) is 13.0 Å². The molecule has 0 aromatic heterocycles. The van der Waals surface area contributed by atoms with Gasteiger partial charge in [-0.25, -0.2) is 4.39 Å². The molecular formula is C21H19F3O2. The van der Waals surface area contributed by atoms with Crippen LogP contribution in [-0.4, -0.2) is 6.61 Å². The highest BCUT2D eigenvalue weighted by molar-refractivity contribution is 5.84. The minimum Gasteiger partial charge on any atom is -0.494 e. The van der Waals surface area contributed by atoms with Crippen molar-refractivity contribution >= 4 is 10.8 Å². The number of benzene rings is 3. The van der Waals surface area contributed by atoms with Gasteiger partial charge in [0.1, 0.15) is 5.75 Å². The number of alkyl halides is 2. The van der Waals surface area contributed by atoms with E-state index in [9.17, 15) is 13.2 Å². The second-order valence-corrected chi connectivity index (χ2v) is 5.89. The SMILES string of the molecule is CCOc1ccc(C(F)(F)Oc2cc3ccc(CC)cc3cc2F)cc1. The van der Waals surface area contributed by atoms with E-state index >= 15 is 0 Å². The van der Waals surface area contributed by atoms with Crippen molar-refractivity contribution < 1.29 is 22.6 Å². The van der Waals surface area contributed by atoms with E-state index < -0.39 is 17.7 Å². The molecule has 0 aliphatic heterocycles. The molecule has 0 atom stereocenters. The molecule has 5 heteroatoms. The van der Waals surface area contributed by atoms with Gasteiger partial charge >= 0.3 is 6.11 Å². The van der Waals surface area contributed by atoms with Crippen LogP contribution < -0.4 is 9.47 Å². The molecule has 2 nitrogen and oxygen atoms in total. The Morgan fingerprint density at radius 2 is 1.62 bits per heavy atom. The van der Waals surface area contributed by atoms with Crippen LogP contribution in [0.4, 0.5) is 13.2 Å². The van der Waals surface area contributed by atoms with Crippen LogP contribution in [0.3, 0.4) is 0 Å². The molecular weight excluding hydrogens is 341 g/mol. The number of aryl methyl sites for hydroxylation is 1. The lowest BCUT2D eigenvalue weighted by molar-refractivity contribution is -0.186. The highest BCUT2D eigenvalue weighted by atomic mass is 19.3. The van der Waals surface area contributed by atoms with Gasteiger partial charge in [-0.15, -0.1) is 0 Å². The van der Waals surface area contributed by atoms with Gasteiger partial charge in [0.05, 0.1) is 12.2 Å². The minimum atomic E-state index is -3.66. The number of rotatable bonds is 6. The zero-order valence-electron chi connectivity index (χ0n) is 14.6. The zero-order chi connectivity index (χ0) is 18.7. The summed E-state index contributed by atoms with van der Waals surface area (Å²) in [5.41, 5.74) is 0.673. The molecule has 0 aliphatic carbocycles. The Hall–Kier alpha value is -2.69. The number of ether oxygens (including phenoxy) is 2. The average molecular weight is 360 g/mol. The summed E-state index contributed by atoms with van der Waals surface area (Å²) in [5, 5.41) is 1.29. The molecule has 3 rings (SSSR count). The number of hydrogen-bond donors (Lipinski definition) is 0. The van der Waals surface area contributed by atoms with Crippen molar-refractivity contribution in [3.63, 3.8) is 0 Å². The molecule has 0 aliphatic rings. The molecule has 0 saturated heterocycles. The van der Waals surface area contributed by atoms with E-state index in [1.807, 2.05) is 19.1 Å². The minimum absolute atomic E-state index is 0.373. The highest BCUT2D eigenvalue weighted by Gasteiger charge is 2.35. The van der Waals surface area contributed by atoms with Crippen molar-refractivity contribution in [3.05, 3.63) is 71.5 Å². The van der Waals surface area contributed by atoms with Gasteiger partial charge in [-0.05, 0) is 66.1 Å². The lowest BCUT2D eigenvalue weighted by atomic mass is 10.1. The molecule has 0 amide bonds. The fourth-order valence-corrected chi connectivity index (χ4v) is 2.71. The monoisotopic (exact) mass is 360 g/mol. The van der Waals surface area contributed by atoms with Gasteiger partial charge in [-0.3, -0.25) is 0 Å². The smallest absolute Gasteiger partial charge is 0.426 e. The molecule has 0 spiro atoms. The predicted octanol–water partition coefficient (Wildman–Crippen LogP) is 6.07. The van der Waals surface area contributed by atoms with Crippen molar-refractivity contribution in [2.24, 2.45) is 0 Å². The summed E-state index contributed by atoms with van der Waals surface area (Å²) in [4.78, 5) is 0. The quantitative estimate of drug-likeness (QED) is 0.531. The molecule has 0 saturated carbocycles. The summed E-state index contributed by atoms with van der Waals surface area (Å²) in [7, 11) is 0. The maximum absolute atomic E-state index is 14.4. The summed E-state index contributed by atoms with van der Waals surface area (Å²) in [6, 6.07) is 13.3. The second kappa shape index (κ2) is 7.28. The summed E-state index contributed by atoms with van der Waals surface area (Å²) in [5.74, 6) is -0.826. The van der Waals surface area contributed by atoms with Gasteiger partial charge in [-0.2, -0.15) is 8.78 Å². The standard InChI is InChI=1S/C21H19F3O2/c1-3-14-5-6-15-13-20(19(22)12-16(15)11-14)26-21(23,24)17-7-9-18(10-8-17)25-4-2/h5-13H,3-4H2,1-2H3. The van der Waals surface area contributed by atoms with Crippen LogP contribution in [0.1, 0.15) is 25.0 Å². The number of fused-ring (bicyclic) bond motifs is 1. The van der Waals surface area contributed by atoms with Crippen molar-refractivity contribution in [1.82, 2.24) is 0 Å². The van der Waals surface area contributed by atoms with E-state index in [4.69, 9.17) is 9.47 Å². The van der Waals surface area contributed by atoms with Gasteiger partial charge in [0.25, 0.3) is 0 Å². The third-order valence-electron chi connectivity index (χ3n) is 4.10. The Bertz CT molecular complexity index is 905. The normalized spacial score (nSPS) is 11.6. The second-order valence-electron chi connectivity index (χ2n) is 5.89. The number of halogens is 3. The maximum atomic E-state index is 14.4. The van der Waals surface area contributed by atoms with Crippen LogP contribution in [0.25, 0.3) is 10.8 Å². The van der Waals surface area contributed by atoms with Gasteiger partial charge in [0, 0.05) is 0 Å². The van der Waals surface area contributed by atoms with E-state index in [0.29, 0.717) is 23.1 Å². The topological polar surface area (TPSA) is 18.5 Å². The lowest BCUT2D eigenvalue weighted by Crippen LogP contribution is -2.22. The molecule has 3 aromatic carbocycles. The van der Waals surface area contributed by atoms with Crippen molar-refractivity contribution in [3.8, 4) is 11.5 Å². The number of hydrogen-bond acceptors (Lipinski definition) is 2. The van der Waals surface area contributed by atoms with E-state index in [1.165, 1.54) is 36.4 Å². The molecule has 136 valence electrons. The Balaban J connectivity index is 1.89. The summed E-state index contributed by atoms with van der Waals surface area (Å²) < 4.78 is 53.1.